The predicted molar refractivity (Wildman–Crippen MR) is 82.7 cm³/mol. The van der Waals surface area contributed by atoms with Gasteiger partial charge in [-0.3, -0.25) is 0 Å². The summed E-state index contributed by atoms with van der Waals surface area (Å²) in [7, 11) is -3.39. The van der Waals surface area contributed by atoms with Crippen molar-refractivity contribution in [3.63, 3.8) is 0 Å². The highest BCUT2D eigenvalue weighted by Gasteiger charge is 2.41. The topological polar surface area (TPSA) is 62.3 Å². The van der Waals surface area contributed by atoms with E-state index in [9.17, 15) is 8.42 Å². The van der Waals surface area contributed by atoms with Crippen molar-refractivity contribution >= 4 is 15.8 Å². The molecule has 116 valence electrons. The zero-order chi connectivity index (χ0) is 14.9. The van der Waals surface area contributed by atoms with Crippen molar-refractivity contribution in [3.05, 3.63) is 18.3 Å². The lowest BCUT2D eigenvalue weighted by atomic mass is 10.4. The first-order chi connectivity index (χ1) is 10.1. The van der Waals surface area contributed by atoms with Crippen LogP contribution in [0.25, 0.3) is 0 Å². The van der Waals surface area contributed by atoms with Crippen LogP contribution in [0.4, 0.5) is 5.82 Å². The molecule has 6 heteroatoms. The summed E-state index contributed by atoms with van der Waals surface area (Å²) < 4.78 is 27.2. The van der Waals surface area contributed by atoms with Gasteiger partial charge in [0, 0.05) is 25.3 Å². The summed E-state index contributed by atoms with van der Waals surface area (Å²) in [6, 6.07) is 3.64. The maximum atomic E-state index is 12.8. The summed E-state index contributed by atoms with van der Waals surface area (Å²) in [6.07, 6.45) is 6.81. The Morgan fingerprint density at radius 1 is 1.29 bits per heavy atom. The number of nitrogens with zero attached hydrogens (tertiary/aromatic N) is 2. The first-order valence-corrected chi connectivity index (χ1v) is 9.27. The molecule has 0 unspecified atom stereocenters. The van der Waals surface area contributed by atoms with Gasteiger partial charge in [0.2, 0.25) is 10.0 Å². The summed E-state index contributed by atoms with van der Waals surface area (Å²) >= 11 is 0. The molecule has 5 nitrogen and oxygen atoms in total. The molecule has 0 aliphatic heterocycles. The van der Waals surface area contributed by atoms with Crippen LogP contribution in [0.1, 0.15) is 39.0 Å². The van der Waals surface area contributed by atoms with Gasteiger partial charge in [-0.2, -0.15) is 4.31 Å². The summed E-state index contributed by atoms with van der Waals surface area (Å²) in [5.41, 5.74) is 0. The maximum absolute atomic E-state index is 12.8. The van der Waals surface area contributed by atoms with Crippen molar-refractivity contribution in [1.82, 2.24) is 9.29 Å². The molecule has 0 atom stereocenters. The lowest BCUT2D eigenvalue weighted by Gasteiger charge is -2.21. The Morgan fingerprint density at radius 2 is 2.05 bits per heavy atom. The molecule has 1 aromatic heterocycles. The van der Waals surface area contributed by atoms with Crippen LogP contribution in [-0.4, -0.2) is 36.8 Å². The van der Waals surface area contributed by atoms with Crippen LogP contribution in [0, 0.1) is 5.92 Å². The lowest BCUT2D eigenvalue weighted by Crippen LogP contribution is -2.35. The van der Waals surface area contributed by atoms with Gasteiger partial charge in [-0.25, -0.2) is 13.4 Å². The molecular weight excluding hydrogens is 286 g/mol. The van der Waals surface area contributed by atoms with E-state index in [2.05, 4.69) is 17.2 Å². The van der Waals surface area contributed by atoms with Gasteiger partial charge in [0.1, 0.15) is 10.7 Å². The second-order valence-corrected chi connectivity index (χ2v) is 7.95. The molecule has 1 N–H and O–H groups in total. The van der Waals surface area contributed by atoms with Crippen LogP contribution in [0.5, 0.6) is 0 Å². The fraction of sp³-hybridized carbons (Fsp3) is 0.667. The number of nitrogens with one attached hydrogen (secondary N) is 1. The number of hydrogen-bond acceptors (Lipinski definition) is 4. The number of rotatable bonds is 8. The van der Waals surface area contributed by atoms with Crippen molar-refractivity contribution in [3.8, 4) is 0 Å². The first-order valence-electron chi connectivity index (χ1n) is 7.83. The Bertz CT molecular complexity index is 577. The van der Waals surface area contributed by atoms with E-state index in [1.165, 1.54) is 6.20 Å². The largest absolute Gasteiger partial charge is 0.370 e. The highest BCUT2D eigenvalue weighted by atomic mass is 32.2. The highest BCUT2D eigenvalue weighted by Crippen LogP contribution is 2.37. The van der Waals surface area contributed by atoms with E-state index in [1.807, 2.05) is 0 Å². The standard InChI is InChI=1S/C15H23N3O2S/c1-2-9-16-15-8-7-14(10-17-15)21(19,20)18(13-5-6-13)11-12-3-4-12/h7-8,10,12-13H,2-6,9,11H2,1H3,(H,16,17). The number of aromatic nitrogens is 1. The van der Waals surface area contributed by atoms with Crippen LogP contribution in [-0.2, 0) is 10.0 Å². The van der Waals surface area contributed by atoms with Gasteiger partial charge in [0.15, 0.2) is 0 Å². The van der Waals surface area contributed by atoms with Gasteiger partial charge >= 0.3 is 0 Å². The highest BCUT2D eigenvalue weighted by molar-refractivity contribution is 7.89. The molecular formula is C15H23N3O2S. The van der Waals surface area contributed by atoms with E-state index in [-0.39, 0.29) is 6.04 Å². The van der Waals surface area contributed by atoms with Gasteiger partial charge < -0.3 is 5.32 Å². The van der Waals surface area contributed by atoms with Crippen LogP contribution in [0.15, 0.2) is 23.2 Å². The summed E-state index contributed by atoms with van der Waals surface area (Å²) in [5.74, 6) is 1.30. The Hall–Kier alpha value is -1.14. The number of anilines is 1. The molecule has 21 heavy (non-hydrogen) atoms. The molecule has 0 bridgehead atoms. The Balaban J connectivity index is 1.75. The zero-order valence-corrected chi connectivity index (χ0v) is 13.3. The predicted octanol–water partition coefficient (Wildman–Crippen LogP) is 2.47. The third kappa shape index (κ3) is 3.55. The minimum atomic E-state index is -3.39. The summed E-state index contributed by atoms with van der Waals surface area (Å²) in [5, 5.41) is 3.16. The maximum Gasteiger partial charge on any atom is 0.244 e. The number of pyridine rings is 1. The molecule has 0 radical (unpaired) electrons. The Kier molecular flexibility index (Phi) is 4.17. The monoisotopic (exact) mass is 309 g/mol. The zero-order valence-electron chi connectivity index (χ0n) is 12.5. The van der Waals surface area contributed by atoms with Crippen molar-refractivity contribution in [2.75, 3.05) is 18.4 Å². The average molecular weight is 309 g/mol. The smallest absolute Gasteiger partial charge is 0.244 e. The van der Waals surface area contributed by atoms with Crippen molar-refractivity contribution < 1.29 is 8.42 Å². The van der Waals surface area contributed by atoms with Crippen molar-refractivity contribution in [1.29, 1.82) is 0 Å². The minimum Gasteiger partial charge on any atom is -0.370 e. The molecule has 2 aliphatic carbocycles. The number of hydrogen-bond donors (Lipinski definition) is 1. The summed E-state index contributed by atoms with van der Waals surface area (Å²) in [6.45, 7) is 3.61. The van der Waals surface area contributed by atoms with Gasteiger partial charge in [-0.15, -0.1) is 0 Å². The molecule has 0 spiro atoms. The van der Waals surface area contributed by atoms with Crippen molar-refractivity contribution in [2.24, 2.45) is 5.92 Å². The molecule has 0 amide bonds. The van der Waals surface area contributed by atoms with Crippen LogP contribution >= 0.6 is 0 Å². The fourth-order valence-corrected chi connectivity index (χ4v) is 4.09. The SMILES string of the molecule is CCCNc1ccc(S(=O)(=O)N(CC2CC2)C2CC2)cn1. The number of sulfonamides is 1. The second kappa shape index (κ2) is 5.93. The fourth-order valence-electron chi connectivity index (χ4n) is 2.39. The van der Waals surface area contributed by atoms with E-state index in [4.69, 9.17) is 0 Å². The van der Waals surface area contributed by atoms with Crippen LogP contribution in [0.3, 0.4) is 0 Å². The van der Waals surface area contributed by atoms with Crippen molar-refractivity contribution in [2.45, 2.75) is 50.0 Å². The van der Waals surface area contributed by atoms with E-state index < -0.39 is 10.0 Å². The lowest BCUT2D eigenvalue weighted by molar-refractivity contribution is 0.388. The Labute approximate surface area is 126 Å². The summed E-state index contributed by atoms with van der Waals surface area (Å²) in [4.78, 5) is 4.54. The third-order valence-corrected chi connectivity index (χ3v) is 5.89. The third-order valence-electron chi connectivity index (χ3n) is 3.99. The van der Waals surface area contributed by atoms with Crippen LogP contribution in [0.2, 0.25) is 0 Å². The van der Waals surface area contributed by atoms with E-state index in [1.54, 1.807) is 16.4 Å². The molecule has 0 saturated heterocycles. The molecule has 2 saturated carbocycles. The van der Waals surface area contributed by atoms with Gasteiger partial charge in [-0.05, 0) is 50.2 Å². The van der Waals surface area contributed by atoms with Gasteiger partial charge in [-0.1, -0.05) is 6.92 Å². The van der Waals surface area contributed by atoms with E-state index in [0.29, 0.717) is 17.4 Å². The molecule has 1 aromatic rings. The molecule has 2 aliphatic rings. The second-order valence-electron chi connectivity index (χ2n) is 6.06. The normalized spacial score (nSPS) is 19.0. The molecule has 3 rings (SSSR count). The van der Waals surface area contributed by atoms with E-state index >= 15 is 0 Å². The van der Waals surface area contributed by atoms with Gasteiger partial charge in [0.25, 0.3) is 0 Å². The average Bonchev–Trinajstić information content (AvgIpc) is 3.36. The Morgan fingerprint density at radius 3 is 2.57 bits per heavy atom. The molecule has 2 fully saturated rings. The molecule has 1 heterocycles. The quantitative estimate of drug-likeness (QED) is 0.801. The minimum absolute atomic E-state index is 0.216. The first kappa shape index (κ1) is 14.8. The van der Waals surface area contributed by atoms with E-state index in [0.717, 1.165) is 44.5 Å². The van der Waals surface area contributed by atoms with Crippen LogP contribution < -0.4 is 5.32 Å². The van der Waals surface area contributed by atoms with Gasteiger partial charge in [0.05, 0.1) is 0 Å². The molecule has 0 aromatic carbocycles.